The first-order valence-electron chi connectivity index (χ1n) is 10.2. The lowest BCUT2D eigenvalue weighted by Gasteiger charge is -2.32. The van der Waals surface area contributed by atoms with Gasteiger partial charge in [0.15, 0.2) is 0 Å². The van der Waals surface area contributed by atoms with Crippen molar-refractivity contribution in [3.05, 3.63) is 64.6 Å². The number of benzene rings is 1. The fourth-order valence-corrected chi connectivity index (χ4v) is 4.06. The third-order valence-electron chi connectivity index (χ3n) is 5.97. The summed E-state index contributed by atoms with van der Waals surface area (Å²) >= 11 is 0. The zero-order chi connectivity index (χ0) is 19.8. The summed E-state index contributed by atoms with van der Waals surface area (Å²) in [5, 5.41) is 0. The van der Waals surface area contributed by atoms with Gasteiger partial charge in [-0.2, -0.15) is 0 Å². The van der Waals surface area contributed by atoms with Gasteiger partial charge in [0.1, 0.15) is 0 Å². The molecular formula is C22H23N5O2. The molecule has 1 amide bonds. The topological polar surface area (TPSA) is 81.0 Å². The number of carbonyl (C=O) groups excluding carboxylic acids is 1. The molecule has 1 aliphatic carbocycles. The second kappa shape index (κ2) is 7.39. The zero-order valence-corrected chi connectivity index (χ0v) is 16.2. The maximum Gasteiger partial charge on any atom is 0.253 e. The number of rotatable bonds is 4. The van der Waals surface area contributed by atoms with E-state index in [2.05, 4.69) is 15.0 Å². The molecule has 0 unspecified atom stereocenters. The fraction of sp³-hybridized carbons (Fsp3) is 0.409. The van der Waals surface area contributed by atoms with E-state index in [9.17, 15) is 9.59 Å². The van der Waals surface area contributed by atoms with Crippen molar-refractivity contribution < 1.29 is 4.79 Å². The summed E-state index contributed by atoms with van der Waals surface area (Å²) in [6.07, 6.45) is 9.04. The first-order valence-corrected chi connectivity index (χ1v) is 10.2. The molecule has 7 heteroatoms. The lowest BCUT2D eigenvalue weighted by Crippen LogP contribution is -2.40. The highest BCUT2D eigenvalue weighted by Crippen LogP contribution is 2.38. The Morgan fingerprint density at radius 2 is 1.72 bits per heavy atom. The van der Waals surface area contributed by atoms with Gasteiger partial charge < -0.3 is 4.90 Å². The molecule has 3 heterocycles. The standard InChI is InChI=1S/C22H23N5O2/c28-21-12-19(16-1-2-16)25-14-27(21)13-15-5-9-26(10-6-15)22(29)17-3-4-18-20(11-17)24-8-7-23-18/h3-4,7-8,11-12,14-16H,1-2,5-6,9-10,13H2. The fourth-order valence-electron chi connectivity index (χ4n) is 4.06. The van der Waals surface area contributed by atoms with Crippen LogP contribution in [-0.2, 0) is 6.54 Å². The number of hydrogen-bond donors (Lipinski definition) is 0. The largest absolute Gasteiger partial charge is 0.339 e. The molecule has 7 nitrogen and oxygen atoms in total. The Balaban J connectivity index is 1.21. The van der Waals surface area contributed by atoms with E-state index in [1.165, 1.54) is 0 Å². The second-order valence-corrected chi connectivity index (χ2v) is 8.07. The summed E-state index contributed by atoms with van der Waals surface area (Å²) < 4.78 is 1.72. The van der Waals surface area contributed by atoms with Crippen molar-refractivity contribution in [3.63, 3.8) is 0 Å². The monoisotopic (exact) mass is 389 g/mol. The smallest absolute Gasteiger partial charge is 0.253 e. The van der Waals surface area contributed by atoms with E-state index in [0.717, 1.165) is 42.4 Å². The maximum absolute atomic E-state index is 12.9. The van der Waals surface area contributed by atoms with Gasteiger partial charge in [-0.3, -0.25) is 24.1 Å². The Labute approximate surface area is 168 Å². The van der Waals surface area contributed by atoms with E-state index >= 15 is 0 Å². The summed E-state index contributed by atoms with van der Waals surface area (Å²) in [6.45, 7) is 2.07. The van der Waals surface area contributed by atoms with Crippen LogP contribution < -0.4 is 5.56 Å². The Morgan fingerprint density at radius 1 is 0.966 bits per heavy atom. The molecule has 1 aliphatic heterocycles. The number of fused-ring (bicyclic) bond motifs is 1. The van der Waals surface area contributed by atoms with E-state index in [1.807, 2.05) is 23.1 Å². The minimum absolute atomic E-state index is 0.0311. The molecule has 1 saturated carbocycles. The number of likely N-dealkylation sites (tertiary alicyclic amines) is 1. The van der Waals surface area contributed by atoms with Gasteiger partial charge in [0.2, 0.25) is 0 Å². The molecule has 2 fully saturated rings. The van der Waals surface area contributed by atoms with Crippen molar-refractivity contribution in [2.24, 2.45) is 5.92 Å². The summed E-state index contributed by atoms with van der Waals surface area (Å²) in [7, 11) is 0. The van der Waals surface area contributed by atoms with Gasteiger partial charge in [0.05, 0.1) is 23.1 Å². The predicted octanol–water partition coefficient (Wildman–Crippen LogP) is 2.62. The Kier molecular flexibility index (Phi) is 4.58. The normalized spacial score (nSPS) is 17.6. The van der Waals surface area contributed by atoms with Gasteiger partial charge in [0, 0.05) is 49.6 Å². The summed E-state index contributed by atoms with van der Waals surface area (Å²) in [6, 6.07) is 7.16. The van der Waals surface area contributed by atoms with E-state index in [-0.39, 0.29) is 11.5 Å². The Hall–Kier alpha value is -3.09. The minimum Gasteiger partial charge on any atom is -0.339 e. The molecule has 148 valence electrons. The molecule has 0 atom stereocenters. The molecule has 29 heavy (non-hydrogen) atoms. The molecule has 0 spiro atoms. The van der Waals surface area contributed by atoms with Crippen LogP contribution in [0.3, 0.4) is 0 Å². The van der Waals surface area contributed by atoms with Gasteiger partial charge in [-0.15, -0.1) is 0 Å². The van der Waals surface area contributed by atoms with E-state index in [1.54, 1.807) is 29.4 Å². The lowest BCUT2D eigenvalue weighted by atomic mass is 9.96. The highest BCUT2D eigenvalue weighted by molar-refractivity contribution is 5.97. The Bertz CT molecular complexity index is 1110. The number of amides is 1. The van der Waals surface area contributed by atoms with E-state index in [4.69, 9.17) is 0 Å². The number of nitrogens with zero attached hydrogens (tertiary/aromatic N) is 5. The van der Waals surface area contributed by atoms with Crippen LogP contribution in [0.2, 0.25) is 0 Å². The third kappa shape index (κ3) is 3.77. The number of piperidine rings is 1. The molecule has 3 aromatic rings. The molecule has 1 aromatic carbocycles. The zero-order valence-electron chi connectivity index (χ0n) is 16.2. The van der Waals surface area contributed by atoms with Gasteiger partial charge in [-0.25, -0.2) is 4.98 Å². The SMILES string of the molecule is O=C(c1ccc2nccnc2c1)N1CCC(Cn2cnc(C3CC3)cc2=O)CC1. The summed E-state index contributed by atoms with van der Waals surface area (Å²) in [5.41, 5.74) is 3.14. The molecule has 0 radical (unpaired) electrons. The van der Waals surface area contributed by atoms with Crippen LogP contribution >= 0.6 is 0 Å². The van der Waals surface area contributed by atoms with Crippen LogP contribution in [0.4, 0.5) is 0 Å². The van der Waals surface area contributed by atoms with Crippen molar-refractivity contribution in [1.82, 2.24) is 24.4 Å². The average Bonchev–Trinajstić information content (AvgIpc) is 3.60. The number of aromatic nitrogens is 4. The van der Waals surface area contributed by atoms with Gasteiger partial charge in [-0.05, 0) is 49.8 Å². The molecule has 0 N–H and O–H groups in total. The second-order valence-electron chi connectivity index (χ2n) is 8.07. The first-order chi connectivity index (χ1) is 14.2. The molecular weight excluding hydrogens is 366 g/mol. The highest BCUT2D eigenvalue weighted by Gasteiger charge is 2.27. The van der Waals surface area contributed by atoms with Crippen LogP contribution in [0, 0.1) is 5.92 Å². The van der Waals surface area contributed by atoms with Crippen molar-refractivity contribution in [2.45, 2.75) is 38.1 Å². The summed E-state index contributed by atoms with van der Waals surface area (Å²) in [4.78, 5) is 40.1. The van der Waals surface area contributed by atoms with Crippen LogP contribution in [-0.4, -0.2) is 43.4 Å². The predicted molar refractivity (Wildman–Crippen MR) is 109 cm³/mol. The molecule has 0 bridgehead atoms. The van der Waals surface area contributed by atoms with Gasteiger partial charge in [-0.1, -0.05) is 0 Å². The van der Waals surface area contributed by atoms with Crippen LogP contribution in [0.15, 0.2) is 47.8 Å². The van der Waals surface area contributed by atoms with E-state index in [0.29, 0.717) is 37.0 Å². The molecule has 1 saturated heterocycles. The van der Waals surface area contributed by atoms with Crippen LogP contribution in [0.5, 0.6) is 0 Å². The van der Waals surface area contributed by atoms with Crippen LogP contribution in [0.25, 0.3) is 11.0 Å². The summed E-state index contributed by atoms with van der Waals surface area (Å²) in [5.74, 6) is 0.907. The first kappa shape index (κ1) is 18.0. The number of hydrogen-bond acceptors (Lipinski definition) is 5. The minimum atomic E-state index is 0.0311. The third-order valence-corrected chi connectivity index (χ3v) is 5.97. The lowest BCUT2D eigenvalue weighted by molar-refractivity contribution is 0.0682. The highest BCUT2D eigenvalue weighted by atomic mass is 16.2. The van der Waals surface area contributed by atoms with Crippen molar-refractivity contribution in [1.29, 1.82) is 0 Å². The van der Waals surface area contributed by atoms with Crippen molar-refractivity contribution in [3.8, 4) is 0 Å². The van der Waals surface area contributed by atoms with Crippen molar-refractivity contribution >= 4 is 16.9 Å². The molecule has 2 aliphatic rings. The number of carbonyl (C=O) groups is 1. The average molecular weight is 389 g/mol. The van der Waals surface area contributed by atoms with Gasteiger partial charge >= 0.3 is 0 Å². The Morgan fingerprint density at radius 3 is 2.45 bits per heavy atom. The maximum atomic E-state index is 12.9. The molecule has 2 aromatic heterocycles. The van der Waals surface area contributed by atoms with Gasteiger partial charge in [0.25, 0.3) is 11.5 Å². The van der Waals surface area contributed by atoms with Crippen LogP contribution in [0.1, 0.15) is 47.7 Å². The quantitative estimate of drug-likeness (QED) is 0.685. The van der Waals surface area contributed by atoms with Crippen molar-refractivity contribution in [2.75, 3.05) is 13.1 Å². The van der Waals surface area contributed by atoms with E-state index < -0.39 is 0 Å². The molecule has 5 rings (SSSR count).